The van der Waals surface area contributed by atoms with Crippen LogP contribution in [0.2, 0.25) is 0 Å². The van der Waals surface area contributed by atoms with Gasteiger partial charge in [0.1, 0.15) is 12.4 Å². The van der Waals surface area contributed by atoms with Gasteiger partial charge in [-0.2, -0.15) is 0 Å². The van der Waals surface area contributed by atoms with Gasteiger partial charge in [-0.3, -0.25) is 0 Å². The zero-order valence-electron chi connectivity index (χ0n) is 8.06. The molecule has 2 rings (SSSR count). The molecule has 14 heavy (non-hydrogen) atoms. The predicted molar refractivity (Wildman–Crippen MR) is 54.1 cm³/mol. The van der Waals surface area contributed by atoms with Gasteiger partial charge in [0.25, 0.3) is 0 Å². The Morgan fingerprint density at radius 2 is 2.14 bits per heavy atom. The largest absolute Gasteiger partial charge is 0.370 e. The molecule has 2 atom stereocenters. The van der Waals surface area contributed by atoms with E-state index >= 15 is 0 Å². The maximum atomic E-state index is 10.5. The maximum absolute atomic E-state index is 10.5. The van der Waals surface area contributed by atoms with Crippen molar-refractivity contribution in [1.82, 2.24) is 0 Å². The molecule has 0 N–H and O–H groups in total. The number of ether oxygens (including phenoxy) is 1. The molecular formula is C12H14O2. The third-order valence-corrected chi connectivity index (χ3v) is 2.63. The molecule has 2 nitrogen and oxygen atoms in total. The van der Waals surface area contributed by atoms with Crippen molar-refractivity contribution in [2.24, 2.45) is 5.92 Å². The molecule has 0 amide bonds. The Morgan fingerprint density at radius 3 is 2.79 bits per heavy atom. The highest BCUT2D eigenvalue weighted by Gasteiger charge is 2.24. The second-order valence-corrected chi connectivity index (χ2v) is 3.80. The van der Waals surface area contributed by atoms with Gasteiger partial charge in [-0.1, -0.05) is 30.3 Å². The van der Waals surface area contributed by atoms with E-state index in [1.165, 1.54) is 5.56 Å². The van der Waals surface area contributed by atoms with E-state index in [1.54, 1.807) is 0 Å². The summed E-state index contributed by atoms with van der Waals surface area (Å²) < 4.78 is 5.32. The van der Waals surface area contributed by atoms with Gasteiger partial charge in [0.15, 0.2) is 0 Å². The van der Waals surface area contributed by atoms with E-state index < -0.39 is 0 Å². The van der Waals surface area contributed by atoms with Crippen LogP contribution in [-0.2, 0) is 16.0 Å². The van der Waals surface area contributed by atoms with Crippen molar-refractivity contribution < 1.29 is 9.53 Å². The molecule has 2 heteroatoms. The second kappa shape index (κ2) is 4.38. The summed E-state index contributed by atoms with van der Waals surface area (Å²) in [5.74, 6) is 0.507. The predicted octanol–water partition coefficient (Wildman–Crippen LogP) is 1.83. The number of carbonyl (C=O) groups is 1. The van der Waals surface area contributed by atoms with Crippen molar-refractivity contribution in [3.8, 4) is 0 Å². The van der Waals surface area contributed by atoms with Gasteiger partial charge in [0.2, 0.25) is 0 Å². The van der Waals surface area contributed by atoms with E-state index in [9.17, 15) is 4.79 Å². The van der Waals surface area contributed by atoms with E-state index in [-0.39, 0.29) is 6.10 Å². The minimum Gasteiger partial charge on any atom is -0.370 e. The van der Waals surface area contributed by atoms with Crippen LogP contribution in [0.1, 0.15) is 12.0 Å². The lowest BCUT2D eigenvalue weighted by Crippen LogP contribution is -2.06. The Balaban J connectivity index is 1.90. The van der Waals surface area contributed by atoms with Gasteiger partial charge in [-0.05, 0) is 24.3 Å². The first kappa shape index (κ1) is 9.41. The second-order valence-electron chi connectivity index (χ2n) is 3.80. The van der Waals surface area contributed by atoms with Gasteiger partial charge < -0.3 is 9.53 Å². The van der Waals surface area contributed by atoms with Crippen LogP contribution in [0.4, 0.5) is 0 Å². The molecule has 1 aliphatic heterocycles. The van der Waals surface area contributed by atoms with E-state index in [4.69, 9.17) is 4.74 Å². The minimum atomic E-state index is -0.163. The number of benzene rings is 1. The molecule has 1 aromatic rings. The molecule has 0 radical (unpaired) electrons. The first-order chi connectivity index (χ1) is 6.88. The van der Waals surface area contributed by atoms with Crippen molar-refractivity contribution in [2.45, 2.75) is 18.9 Å². The number of aldehydes is 1. The highest BCUT2D eigenvalue weighted by atomic mass is 16.5. The summed E-state index contributed by atoms with van der Waals surface area (Å²) in [5, 5.41) is 0. The van der Waals surface area contributed by atoms with Gasteiger partial charge >= 0.3 is 0 Å². The molecule has 1 saturated heterocycles. The fraction of sp³-hybridized carbons (Fsp3) is 0.417. The summed E-state index contributed by atoms with van der Waals surface area (Å²) in [6, 6.07) is 10.3. The van der Waals surface area contributed by atoms with Gasteiger partial charge in [-0.25, -0.2) is 0 Å². The van der Waals surface area contributed by atoms with Crippen molar-refractivity contribution in [3.05, 3.63) is 35.9 Å². The standard InChI is InChI=1S/C12H14O2/c13-8-12-7-11(9-14-12)6-10-4-2-1-3-5-10/h1-5,8,11-12H,6-7,9H2/t11-,12?/m1/s1. The fourth-order valence-corrected chi connectivity index (χ4v) is 1.91. The van der Waals surface area contributed by atoms with Gasteiger partial charge in [0.05, 0.1) is 6.61 Å². The van der Waals surface area contributed by atoms with Gasteiger partial charge in [0, 0.05) is 0 Å². The Bertz CT molecular complexity index is 294. The molecule has 0 spiro atoms. The van der Waals surface area contributed by atoms with Crippen molar-refractivity contribution in [1.29, 1.82) is 0 Å². The average Bonchev–Trinajstić information content (AvgIpc) is 2.67. The van der Waals surface area contributed by atoms with E-state index in [2.05, 4.69) is 12.1 Å². The normalized spacial score (nSPS) is 26.3. The zero-order chi connectivity index (χ0) is 9.80. The lowest BCUT2D eigenvalue weighted by molar-refractivity contribution is -0.115. The van der Waals surface area contributed by atoms with Crippen LogP contribution in [0.15, 0.2) is 30.3 Å². The summed E-state index contributed by atoms with van der Waals surface area (Å²) in [6.45, 7) is 0.721. The zero-order valence-corrected chi connectivity index (χ0v) is 8.06. The molecule has 1 fully saturated rings. The lowest BCUT2D eigenvalue weighted by atomic mass is 9.97. The molecule has 0 aromatic heterocycles. The number of hydrogen-bond donors (Lipinski definition) is 0. The van der Waals surface area contributed by atoms with Crippen molar-refractivity contribution in [2.75, 3.05) is 6.61 Å². The average molecular weight is 190 g/mol. The molecule has 1 unspecified atom stereocenters. The topological polar surface area (TPSA) is 26.3 Å². The molecule has 1 aliphatic rings. The minimum absolute atomic E-state index is 0.163. The summed E-state index contributed by atoms with van der Waals surface area (Å²) >= 11 is 0. The molecule has 74 valence electrons. The van der Waals surface area contributed by atoms with Crippen LogP contribution in [0.25, 0.3) is 0 Å². The van der Waals surface area contributed by atoms with Crippen LogP contribution in [-0.4, -0.2) is 19.0 Å². The molecule has 0 saturated carbocycles. The van der Waals surface area contributed by atoms with Gasteiger partial charge in [-0.15, -0.1) is 0 Å². The van der Waals surface area contributed by atoms with E-state index in [0.717, 1.165) is 25.7 Å². The SMILES string of the molecule is O=CC1C[C@@H](Cc2ccccc2)CO1. The van der Waals surface area contributed by atoms with Crippen LogP contribution in [0.5, 0.6) is 0 Å². The summed E-state index contributed by atoms with van der Waals surface area (Å²) in [4.78, 5) is 10.5. The first-order valence-electron chi connectivity index (χ1n) is 4.99. The first-order valence-corrected chi connectivity index (χ1v) is 4.99. The monoisotopic (exact) mass is 190 g/mol. The van der Waals surface area contributed by atoms with Crippen LogP contribution in [0.3, 0.4) is 0 Å². The van der Waals surface area contributed by atoms with Crippen molar-refractivity contribution >= 4 is 6.29 Å². The number of carbonyl (C=O) groups excluding carboxylic acids is 1. The summed E-state index contributed by atoms with van der Waals surface area (Å²) in [7, 11) is 0. The smallest absolute Gasteiger partial charge is 0.148 e. The van der Waals surface area contributed by atoms with E-state index in [1.807, 2.05) is 18.2 Å². The number of hydrogen-bond acceptors (Lipinski definition) is 2. The van der Waals surface area contributed by atoms with Crippen molar-refractivity contribution in [3.63, 3.8) is 0 Å². The molecule has 1 aromatic carbocycles. The fourth-order valence-electron chi connectivity index (χ4n) is 1.91. The summed E-state index contributed by atoms with van der Waals surface area (Å²) in [6.07, 6.45) is 2.64. The molecule has 0 aliphatic carbocycles. The highest BCUT2D eigenvalue weighted by Crippen LogP contribution is 2.22. The van der Waals surface area contributed by atoms with E-state index in [0.29, 0.717) is 5.92 Å². The Hall–Kier alpha value is -1.15. The molecule has 0 bridgehead atoms. The number of rotatable bonds is 3. The molecule has 1 heterocycles. The van der Waals surface area contributed by atoms with Crippen LogP contribution >= 0.6 is 0 Å². The lowest BCUT2D eigenvalue weighted by Gasteiger charge is -2.06. The third kappa shape index (κ3) is 2.20. The van der Waals surface area contributed by atoms with Crippen LogP contribution < -0.4 is 0 Å². The maximum Gasteiger partial charge on any atom is 0.148 e. The molecular weight excluding hydrogens is 176 g/mol. The highest BCUT2D eigenvalue weighted by molar-refractivity contribution is 5.56. The Labute approximate surface area is 83.9 Å². The van der Waals surface area contributed by atoms with Crippen LogP contribution in [0, 0.1) is 5.92 Å². The third-order valence-electron chi connectivity index (χ3n) is 2.63. The quantitative estimate of drug-likeness (QED) is 0.680. The summed E-state index contributed by atoms with van der Waals surface area (Å²) in [5.41, 5.74) is 1.33. The Kier molecular flexibility index (Phi) is 2.94. The Morgan fingerprint density at radius 1 is 1.36 bits per heavy atom.